The number of nitrogens with one attached hydrogen (secondary N) is 1. The summed E-state index contributed by atoms with van der Waals surface area (Å²) in [6.07, 6.45) is 0.980. The fourth-order valence-electron chi connectivity index (χ4n) is 1.86. The number of rotatable bonds is 4. The molecule has 0 spiro atoms. The van der Waals surface area contributed by atoms with Gasteiger partial charge in [0.25, 0.3) is 0 Å². The highest BCUT2D eigenvalue weighted by molar-refractivity contribution is 9.10. The van der Waals surface area contributed by atoms with Gasteiger partial charge in [-0.1, -0.05) is 35.0 Å². The van der Waals surface area contributed by atoms with Crippen LogP contribution in [-0.4, -0.2) is 10.5 Å². The highest BCUT2D eigenvalue weighted by Gasteiger charge is 2.14. The van der Waals surface area contributed by atoms with Gasteiger partial charge < -0.3 is 5.32 Å². The standard InChI is InChI=1S/C16H21BrN2S/c1-5-13-14(10-18-16(2,3)4)20-15(19-13)11-6-8-12(17)9-7-11/h6-9,18H,5,10H2,1-4H3. The number of aromatic nitrogens is 1. The molecular formula is C16H21BrN2S. The average molecular weight is 353 g/mol. The Balaban J connectivity index is 2.24. The quantitative estimate of drug-likeness (QED) is 0.835. The first kappa shape index (κ1) is 15.7. The zero-order chi connectivity index (χ0) is 14.8. The van der Waals surface area contributed by atoms with Crippen LogP contribution in [0.15, 0.2) is 28.7 Å². The van der Waals surface area contributed by atoms with E-state index in [9.17, 15) is 0 Å². The van der Waals surface area contributed by atoms with E-state index < -0.39 is 0 Å². The van der Waals surface area contributed by atoms with Gasteiger partial charge in [-0.3, -0.25) is 0 Å². The Labute approximate surface area is 133 Å². The van der Waals surface area contributed by atoms with Crippen molar-refractivity contribution in [2.24, 2.45) is 0 Å². The zero-order valence-electron chi connectivity index (χ0n) is 12.5. The van der Waals surface area contributed by atoms with Crippen molar-refractivity contribution in [2.75, 3.05) is 0 Å². The minimum absolute atomic E-state index is 0.132. The van der Waals surface area contributed by atoms with Gasteiger partial charge in [0.1, 0.15) is 5.01 Å². The van der Waals surface area contributed by atoms with Gasteiger partial charge in [0.2, 0.25) is 0 Å². The molecule has 2 nitrogen and oxygen atoms in total. The van der Waals surface area contributed by atoms with Crippen LogP contribution in [0.4, 0.5) is 0 Å². The Morgan fingerprint density at radius 3 is 2.40 bits per heavy atom. The van der Waals surface area contributed by atoms with Gasteiger partial charge in [0, 0.05) is 27.0 Å². The Morgan fingerprint density at radius 2 is 1.85 bits per heavy atom. The summed E-state index contributed by atoms with van der Waals surface area (Å²) in [7, 11) is 0. The molecule has 0 saturated carbocycles. The molecule has 0 radical (unpaired) electrons. The van der Waals surface area contributed by atoms with Gasteiger partial charge in [-0.2, -0.15) is 0 Å². The zero-order valence-corrected chi connectivity index (χ0v) is 14.9. The van der Waals surface area contributed by atoms with Crippen molar-refractivity contribution in [3.8, 4) is 10.6 Å². The molecule has 1 aromatic carbocycles. The summed E-state index contributed by atoms with van der Waals surface area (Å²) in [5, 5.41) is 4.66. The number of thiazole rings is 1. The van der Waals surface area contributed by atoms with Crippen LogP contribution in [-0.2, 0) is 13.0 Å². The fourth-order valence-corrected chi connectivity index (χ4v) is 3.22. The van der Waals surface area contributed by atoms with Crippen LogP contribution >= 0.6 is 27.3 Å². The molecular weight excluding hydrogens is 332 g/mol. The van der Waals surface area contributed by atoms with Crippen LogP contribution in [0.3, 0.4) is 0 Å². The Kier molecular flexibility index (Phi) is 4.99. The van der Waals surface area contributed by atoms with Gasteiger partial charge in [-0.05, 0) is 39.3 Å². The maximum atomic E-state index is 4.79. The third-order valence-electron chi connectivity index (χ3n) is 2.98. The maximum Gasteiger partial charge on any atom is 0.123 e. The van der Waals surface area contributed by atoms with E-state index in [1.165, 1.54) is 16.1 Å². The SMILES string of the molecule is CCc1nc(-c2ccc(Br)cc2)sc1CNC(C)(C)C. The molecule has 0 aliphatic rings. The summed E-state index contributed by atoms with van der Waals surface area (Å²) >= 11 is 5.27. The second-order valence-electron chi connectivity index (χ2n) is 5.85. The third kappa shape index (κ3) is 4.14. The molecule has 20 heavy (non-hydrogen) atoms. The molecule has 108 valence electrons. The molecule has 0 aliphatic carbocycles. The van der Waals surface area contributed by atoms with E-state index in [-0.39, 0.29) is 5.54 Å². The molecule has 2 aromatic rings. The fraction of sp³-hybridized carbons (Fsp3) is 0.438. The first-order valence-corrected chi connectivity index (χ1v) is 8.49. The smallest absolute Gasteiger partial charge is 0.123 e. The van der Waals surface area contributed by atoms with Gasteiger partial charge in [0.05, 0.1) is 5.69 Å². The Bertz CT molecular complexity index is 567. The first-order chi connectivity index (χ1) is 9.39. The average Bonchev–Trinajstić information content (AvgIpc) is 2.79. The van der Waals surface area contributed by atoms with Crippen LogP contribution in [0.1, 0.15) is 38.3 Å². The van der Waals surface area contributed by atoms with Crippen LogP contribution < -0.4 is 5.32 Å². The van der Waals surface area contributed by atoms with Crippen LogP contribution in [0, 0.1) is 0 Å². The number of hydrogen-bond acceptors (Lipinski definition) is 3. The number of aryl methyl sites for hydroxylation is 1. The molecule has 1 aromatic heterocycles. The van der Waals surface area contributed by atoms with E-state index in [2.05, 4.69) is 73.2 Å². The van der Waals surface area contributed by atoms with Crippen molar-refractivity contribution in [2.45, 2.75) is 46.2 Å². The highest BCUT2D eigenvalue weighted by atomic mass is 79.9. The molecule has 1 heterocycles. The number of nitrogens with zero attached hydrogens (tertiary/aromatic N) is 1. The largest absolute Gasteiger partial charge is 0.307 e. The van der Waals surface area contributed by atoms with Crippen molar-refractivity contribution in [1.82, 2.24) is 10.3 Å². The highest BCUT2D eigenvalue weighted by Crippen LogP contribution is 2.29. The molecule has 2 rings (SSSR count). The van der Waals surface area contributed by atoms with E-state index in [0.29, 0.717) is 0 Å². The van der Waals surface area contributed by atoms with Crippen molar-refractivity contribution in [3.05, 3.63) is 39.3 Å². The summed E-state index contributed by atoms with van der Waals surface area (Å²) in [5.74, 6) is 0. The van der Waals surface area contributed by atoms with E-state index >= 15 is 0 Å². The summed E-state index contributed by atoms with van der Waals surface area (Å²) in [6.45, 7) is 9.63. The second kappa shape index (κ2) is 6.37. The summed E-state index contributed by atoms with van der Waals surface area (Å²) in [5.41, 5.74) is 2.53. The minimum Gasteiger partial charge on any atom is -0.307 e. The van der Waals surface area contributed by atoms with Gasteiger partial charge in [0.15, 0.2) is 0 Å². The van der Waals surface area contributed by atoms with Gasteiger partial charge in [-0.15, -0.1) is 11.3 Å². The van der Waals surface area contributed by atoms with Crippen molar-refractivity contribution in [1.29, 1.82) is 0 Å². The van der Waals surface area contributed by atoms with Gasteiger partial charge in [-0.25, -0.2) is 4.98 Å². The second-order valence-corrected chi connectivity index (χ2v) is 7.85. The van der Waals surface area contributed by atoms with Crippen LogP contribution in [0.2, 0.25) is 0 Å². The molecule has 1 N–H and O–H groups in total. The third-order valence-corrected chi connectivity index (χ3v) is 4.66. The lowest BCUT2D eigenvalue weighted by Gasteiger charge is -2.20. The lowest BCUT2D eigenvalue weighted by atomic mass is 10.1. The summed E-state index contributed by atoms with van der Waals surface area (Å²) < 4.78 is 1.10. The number of halogens is 1. The Morgan fingerprint density at radius 1 is 1.20 bits per heavy atom. The van der Waals surface area contributed by atoms with Crippen LogP contribution in [0.5, 0.6) is 0 Å². The molecule has 0 aliphatic heterocycles. The summed E-state index contributed by atoms with van der Waals surface area (Å²) in [4.78, 5) is 6.14. The van der Waals surface area contributed by atoms with Crippen molar-refractivity contribution in [3.63, 3.8) is 0 Å². The number of benzene rings is 1. The lowest BCUT2D eigenvalue weighted by Crippen LogP contribution is -2.35. The summed E-state index contributed by atoms with van der Waals surface area (Å²) in [6, 6.07) is 8.36. The van der Waals surface area contributed by atoms with Crippen LogP contribution in [0.25, 0.3) is 10.6 Å². The molecule has 0 unspecified atom stereocenters. The first-order valence-electron chi connectivity index (χ1n) is 6.88. The van der Waals surface area contributed by atoms with Gasteiger partial charge >= 0.3 is 0 Å². The molecule has 0 amide bonds. The van der Waals surface area contributed by atoms with E-state index in [1.807, 2.05) is 0 Å². The van der Waals surface area contributed by atoms with Crippen molar-refractivity contribution < 1.29 is 0 Å². The predicted octanol–water partition coefficient (Wildman–Crippen LogP) is 5.02. The Hall–Kier alpha value is -0.710. The maximum absolute atomic E-state index is 4.79. The molecule has 4 heteroatoms. The molecule has 0 fully saturated rings. The minimum atomic E-state index is 0.132. The molecule has 0 saturated heterocycles. The number of hydrogen-bond donors (Lipinski definition) is 1. The monoisotopic (exact) mass is 352 g/mol. The predicted molar refractivity (Wildman–Crippen MR) is 91.2 cm³/mol. The lowest BCUT2D eigenvalue weighted by molar-refractivity contribution is 0.425. The molecule has 0 bridgehead atoms. The van der Waals surface area contributed by atoms with E-state index in [1.54, 1.807) is 11.3 Å². The van der Waals surface area contributed by atoms with E-state index in [4.69, 9.17) is 4.98 Å². The van der Waals surface area contributed by atoms with E-state index in [0.717, 1.165) is 22.4 Å². The van der Waals surface area contributed by atoms with Crippen molar-refractivity contribution >= 4 is 27.3 Å². The normalized spacial score (nSPS) is 11.8. The molecule has 0 atom stereocenters. The topological polar surface area (TPSA) is 24.9 Å².